The molecule has 0 bridgehead atoms. The van der Waals surface area contributed by atoms with Crippen molar-refractivity contribution in [3.8, 4) is 17.0 Å². The van der Waals surface area contributed by atoms with Crippen molar-refractivity contribution in [2.45, 2.75) is 11.3 Å². The van der Waals surface area contributed by atoms with Crippen molar-refractivity contribution in [2.75, 3.05) is 13.4 Å². The molecule has 2 aromatic carbocycles. The van der Waals surface area contributed by atoms with Gasteiger partial charge in [0.1, 0.15) is 28.1 Å². The van der Waals surface area contributed by atoms with Crippen LogP contribution in [0.1, 0.15) is 11.4 Å². The highest BCUT2D eigenvalue weighted by atomic mass is 32.2. The lowest BCUT2D eigenvalue weighted by molar-refractivity contribution is 0.403. The maximum Gasteiger partial charge on any atom is 0.258 e. The Hall–Kier alpha value is -3.66. The summed E-state index contributed by atoms with van der Waals surface area (Å²) in [5.41, 5.74) is 1.14. The zero-order valence-electron chi connectivity index (χ0n) is 17.0. The molecule has 0 spiro atoms. The number of sulfone groups is 1. The second-order valence-corrected chi connectivity index (χ2v) is 9.18. The average Bonchev–Trinajstić information content (AvgIpc) is 2.72. The second kappa shape index (κ2) is 8.12. The minimum absolute atomic E-state index is 0.0635. The van der Waals surface area contributed by atoms with E-state index in [2.05, 4.69) is 15.0 Å². The van der Waals surface area contributed by atoms with Crippen molar-refractivity contribution in [2.24, 2.45) is 0 Å². The Labute approximate surface area is 181 Å². The number of H-pyrrole nitrogens is 1. The first-order chi connectivity index (χ1) is 15.1. The summed E-state index contributed by atoms with van der Waals surface area (Å²) in [7, 11) is -2.28. The summed E-state index contributed by atoms with van der Waals surface area (Å²) < 4.78 is 56.1. The standard InChI is InChI=1S/C22H17F2N3O4S/c1-31-19-9-16-18(10-20(19)32(2,29)30)26-21(27-22(16)28)5-12-3-4-17(25-11-12)13-6-14(23)8-15(24)7-13/h3-4,6-11H,5H2,1-2H3,(H,26,27,28). The van der Waals surface area contributed by atoms with E-state index in [4.69, 9.17) is 4.74 Å². The minimum Gasteiger partial charge on any atom is -0.495 e. The van der Waals surface area contributed by atoms with Crippen LogP contribution in [0, 0.1) is 11.6 Å². The van der Waals surface area contributed by atoms with E-state index in [0.717, 1.165) is 12.3 Å². The maximum atomic E-state index is 13.4. The van der Waals surface area contributed by atoms with E-state index in [1.165, 1.54) is 37.6 Å². The van der Waals surface area contributed by atoms with Crippen LogP contribution in [0.5, 0.6) is 5.75 Å². The summed E-state index contributed by atoms with van der Waals surface area (Å²) >= 11 is 0. The van der Waals surface area contributed by atoms with Gasteiger partial charge in [-0.15, -0.1) is 0 Å². The molecule has 10 heteroatoms. The molecule has 164 valence electrons. The molecule has 2 aromatic heterocycles. The van der Waals surface area contributed by atoms with Crippen LogP contribution in [0.3, 0.4) is 0 Å². The van der Waals surface area contributed by atoms with Gasteiger partial charge < -0.3 is 9.72 Å². The molecule has 0 radical (unpaired) electrons. The maximum absolute atomic E-state index is 13.4. The number of aromatic amines is 1. The number of hydrogen-bond donors (Lipinski definition) is 1. The van der Waals surface area contributed by atoms with Gasteiger partial charge in [0.15, 0.2) is 9.84 Å². The number of fused-ring (bicyclic) bond motifs is 1. The van der Waals surface area contributed by atoms with E-state index < -0.39 is 27.0 Å². The molecule has 7 nitrogen and oxygen atoms in total. The van der Waals surface area contributed by atoms with Gasteiger partial charge in [-0.05, 0) is 35.9 Å². The van der Waals surface area contributed by atoms with Crippen LogP contribution in [0.25, 0.3) is 22.2 Å². The third-order valence-corrected chi connectivity index (χ3v) is 5.91. The van der Waals surface area contributed by atoms with Crippen molar-refractivity contribution in [1.29, 1.82) is 0 Å². The van der Waals surface area contributed by atoms with Crippen LogP contribution < -0.4 is 10.3 Å². The Bertz CT molecular complexity index is 1480. The first-order valence-corrected chi connectivity index (χ1v) is 11.3. The molecule has 0 saturated heterocycles. The molecule has 0 atom stereocenters. The van der Waals surface area contributed by atoms with Crippen molar-refractivity contribution in [3.63, 3.8) is 0 Å². The van der Waals surface area contributed by atoms with Crippen molar-refractivity contribution >= 4 is 20.7 Å². The largest absolute Gasteiger partial charge is 0.495 e. The molecular weight excluding hydrogens is 440 g/mol. The van der Waals surface area contributed by atoms with Crippen LogP contribution in [0.2, 0.25) is 0 Å². The number of aromatic nitrogens is 3. The quantitative estimate of drug-likeness (QED) is 0.494. The average molecular weight is 457 g/mol. The second-order valence-electron chi connectivity index (χ2n) is 7.19. The van der Waals surface area contributed by atoms with Gasteiger partial charge in [0, 0.05) is 30.5 Å². The number of hydrogen-bond acceptors (Lipinski definition) is 6. The Morgan fingerprint density at radius 2 is 1.78 bits per heavy atom. The van der Waals surface area contributed by atoms with Gasteiger partial charge in [-0.1, -0.05) is 6.07 Å². The van der Waals surface area contributed by atoms with Crippen LogP contribution in [0.4, 0.5) is 8.78 Å². The first-order valence-electron chi connectivity index (χ1n) is 9.36. The lowest BCUT2D eigenvalue weighted by Gasteiger charge is -2.09. The molecule has 4 aromatic rings. The molecule has 4 rings (SSSR count). The molecule has 1 N–H and O–H groups in total. The molecule has 0 fully saturated rings. The highest BCUT2D eigenvalue weighted by molar-refractivity contribution is 7.90. The highest BCUT2D eigenvalue weighted by Gasteiger charge is 2.18. The number of benzene rings is 2. The van der Waals surface area contributed by atoms with E-state index in [9.17, 15) is 22.0 Å². The SMILES string of the molecule is COc1cc2c(=O)[nH]c(Cc3ccc(-c4cc(F)cc(F)c4)nc3)nc2cc1S(C)(=O)=O. The monoisotopic (exact) mass is 457 g/mol. The van der Waals surface area contributed by atoms with Crippen LogP contribution in [0.15, 0.2) is 58.4 Å². The lowest BCUT2D eigenvalue weighted by atomic mass is 10.1. The number of rotatable bonds is 5. The van der Waals surface area contributed by atoms with E-state index in [1.807, 2.05) is 0 Å². The normalized spacial score (nSPS) is 11.6. The summed E-state index contributed by atoms with van der Waals surface area (Å²) in [6.45, 7) is 0. The summed E-state index contributed by atoms with van der Waals surface area (Å²) in [4.78, 5) is 23.8. The number of nitrogens with one attached hydrogen (secondary N) is 1. The fraction of sp³-hybridized carbons (Fsp3) is 0.136. The van der Waals surface area contributed by atoms with Gasteiger partial charge in [0.05, 0.1) is 23.7 Å². The molecule has 0 aliphatic rings. The first kappa shape index (κ1) is 21.6. The minimum atomic E-state index is -3.60. The number of methoxy groups -OCH3 is 1. The summed E-state index contributed by atoms with van der Waals surface area (Å²) in [5.74, 6) is -1.03. The zero-order chi connectivity index (χ0) is 23.0. The molecule has 2 heterocycles. The van der Waals surface area contributed by atoms with Crippen molar-refractivity contribution in [1.82, 2.24) is 15.0 Å². The van der Waals surface area contributed by atoms with Crippen LogP contribution in [-0.2, 0) is 16.3 Å². The van der Waals surface area contributed by atoms with Gasteiger partial charge in [0.2, 0.25) is 0 Å². The molecule has 0 aliphatic heterocycles. The summed E-state index contributed by atoms with van der Waals surface area (Å²) in [6.07, 6.45) is 2.76. The zero-order valence-corrected chi connectivity index (χ0v) is 17.8. The Morgan fingerprint density at radius 3 is 2.38 bits per heavy atom. The van der Waals surface area contributed by atoms with E-state index in [1.54, 1.807) is 12.1 Å². The number of ether oxygens (including phenoxy) is 1. The summed E-state index contributed by atoms with van der Waals surface area (Å²) in [6, 6.07) is 9.10. The summed E-state index contributed by atoms with van der Waals surface area (Å²) in [5, 5.41) is 0.194. The highest BCUT2D eigenvalue weighted by Crippen LogP contribution is 2.27. The van der Waals surface area contributed by atoms with Gasteiger partial charge in [-0.2, -0.15) is 0 Å². The fourth-order valence-electron chi connectivity index (χ4n) is 3.32. The molecule has 0 aliphatic carbocycles. The van der Waals surface area contributed by atoms with Crippen LogP contribution in [-0.4, -0.2) is 36.7 Å². The fourth-order valence-corrected chi connectivity index (χ4v) is 4.16. The Kier molecular flexibility index (Phi) is 5.47. The number of nitrogens with zero attached hydrogens (tertiary/aromatic N) is 2. The van der Waals surface area contributed by atoms with Crippen LogP contribution >= 0.6 is 0 Å². The predicted octanol–water partition coefficient (Wildman–Crippen LogP) is 3.27. The molecular formula is C22H17F2N3O4S. The van der Waals surface area contributed by atoms with Gasteiger partial charge in [-0.25, -0.2) is 22.2 Å². The molecule has 0 saturated carbocycles. The Morgan fingerprint density at radius 1 is 1.06 bits per heavy atom. The molecule has 0 amide bonds. The topological polar surface area (TPSA) is 102 Å². The predicted molar refractivity (Wildman–Crippen MR) is 114 cm³/mol. The lowest BCUT2D eigenvalue weighted by Crippen LogP contribution is -2.13. The van der Waals surface area contributed by atoms with E-state index in [0.29, 0.717) is 22.6 Å². The van der Waals surface area contributed by atoms with E-state index in [-0.39, 0.29) is 28.0 Å². The van der Waals surface area contributed by atoms with Crippen molar-refractivity contribution in [3.05, 3.63) is 82.0 Å². The molecule has 0 unspecified atom stereocenters. The third kappa shape index (κ3) is 4.35. The van der Waals surface area contributed by atoms with Gasteiger partial charge in [-0.3, -0.25) is 9.78 Å². The molecule has 32 heavy (non-hydrogen) atoms. The smallest absolute Gasteiger partial charge is 0.258 e. The Balaban J connectivity index is 1.69. The van der Waals surface area contributed by atoms with Gasteiger partial charge in [0.25, 0.3) is 5.56 Å². The van der Waals surface area contributed by atoms with E-state index >= 15 is 0 Å². The van der Waals surface area contributed by atoms with Crippen molar-refractivity contribution < 1.29 is 21.9 Å². The van der Waals surface area contributed by atoms with Gasteiger partial charge >= 0.3 is 0 Å². The number of pyridine rings is 1. The number of halogens is 2. The third-order valence-electron chi connectivity index (χ3n) is 4.79.